The molecule has 0 aliphatic carbocycles. The van der Waals surface area contributed by atoms with Crippen molar-refractivity contribution in [3.63, 3.8) is 0 Å². The minimum absolute atomic E-state index is 0.698. The maximum atomic E-state index is 5.82. The van der Waals surface area contributed by atoms with E-state index in [9.17, 15) is 0 Å². The third-order valence-electron chi connectivity index (χ3n) is 2.24. The summed E-state index contributed by atoms with van der Waals surface area (Å²) in [4.78, 5) is 8.42. The lowest BCUT2D eigenvalue weighted by atomic mass is 10.3. The first-order valence-corrected chi connectivity index (χ1v) is 4.39. The summed E-state index contributed by atoms with van der Waals surface area (Å²) in [7, 11) is 1.90. The number of pyridine rings is 1. The van der Waals surface area contributed by atoms with Crippen molar-refractivity contribution in [2.24, 2.45) is 7.05 Å². The molecule has 4 nitrogen and oxygen atoms in total. The lowest BCUT2D eigenvalue weighted by molar-refractivity contribution is 0.935. The standard InChI is InChI=1S/C10H12N4/c1-7-9(11)14(2)10(13-7)8-4-3-5-12-6-8/h3-6H,11H2,1-2H3. The van der Waals surface area contributed by atoms with E-state index in [1.165, 1.54) is 0 Å². The number of aromatic nitrogens is 3. The van der Waals surface area contributed by atoms with Gasteiger partial charge in [0.15, 0.2) is 0 Å². The van der Waals surface area contributed by atoms with E-state index in [0.717, 1.165) is 17.1 Å². The van der Waals surface area contributed by atoms with Gasteiger partial charge in [0.1, 0.15) is 11.6 Å². The van der Waals surface area contributed by atoms with Crippen LogP contribution in [0.1, 0.15) is 5.69 Å². The highest BCUT2D eigenvalue weighted by Crippen LogP contribution is 2.20. The second-order valence-corrected chi connectivity index (χ2v) is 3.21. The summed E-state index contributed by atoms with van der Waals surface area (Å²) in [5.41, 5.74) is 7.65. The fourth-order valence-corrected chi connectivity index (χ4v) is 1.40. The van der Waals surface area contributed by atoms with Gasteiger partial charge in [0.05, 0.1) is 5.69 Å². The van der Waals surface area contributed by atoms with Crippen LogP contribution in [0, 0.1) is 6.92 Å². The van der Waals surface area contributed by atoms with Gasteiger partial charge in [-0.3, -0.25) is 4.98 Å². The molecule has 0 bridgehead atoms. The number of rotatable bonds is 1. The highest BCUT2D eigenvalue weighted by atomic mass is 15.1. The van der Waals surface area contributed by atoms with Gasteiger partial charge in [-0.1, -0.05) is 0 Å². The van der Waals surface area contributed by atoms with E-state index >= 15 is 0 Å². The maximum Gasteiger partial charge on any atom is 0.143 e. The van der Waals surface area contributed by atoms with E-state index in [-0.39, 0.29) is 0 Å². The number of hydrogen-bond donors (Lipinski definition) is 1. The summed E-state index contributed by atoms with van der Waals surface area (Å²) in [5.74, 6) is 1.55. The molecule has 2 aromatic heterocycles. The second-order valence-electron chi connectivity index (χ2n) is 3.21. The zero-order valence-electron chi connectivity index (χ0n) is 8.23. The van der Waals surface area contributed by atoms with E-state index in [1.54, 1.807) is 12.4 Å². The predicted octanol–water partition coefficient (Wildman–Crippen LogP) is 1.37. The van der Waals surface area contributed by atoms with Gasteiger partial charge in [-0.2, -0.15) is 0 Å². The molecule has 0 radical (unpaired) electrons. The molecule has 0 aliphatic heterocycles. The summed E-state index contributed by atoms with van der Waals surface area (Å²) >= 11 is 0. The number of nitrogens with zero attached hydrogens (tertiary/aromatic N) is 3. The van der Waals surface area contributed by atoms with Gasteiger partial charge < -0.3 is 10.3 Å². The normalized spacial score (nSPS) is 10.4. The molecule has 2 rings (SSSR count). The maximum absolute atomic E-state index is 5.82. The van der Waals surface area contributed by atoms with Crippen LogP contribution in [0.4, 0.5) is 5.82 Å². The van der Waals surface area contributed by atoms with E-state index in [2.05, 4.69) is 9.97 Å². The van der Waals surface area contributed by atoms with Gasteiger partial charge >= 0.3 is 0 Å². The average molecular weight is 188 g/mol. The Hall–Kier alpha value is -1.84. The van der Waals surface area contributed by atoms with E-state index in [1.807, 2.05) is 30.7 Å². The Labute approximate surface area is 82.4 Å². The Morgan fingerprint density at radius 2 is 2.21 bits per heavy atom. The van der Waals surface area contributed by atoms with Crippen molar-refractivity contribution >= 4 is 5.82 Å². The molecule has 0 unspecified atom stereocenters. The van der Waals surface area contributed by atoms with Gasteiger partial charge in [0.2, 0.25) is 0 Å². The first-order chi connectivity index (χ1) is 6.70. The van der Waals surface area contributed by atoms with E-state index in [4.69, 9.17) is 5.73 Å². The highest BCUT2D eigenvalue weighted by molar-refractivity contribution is 5.58. The molecule has 0 amide bonds. The first-order valence-electron chi connectivity index (χ1n) is 4.39. The second kappa shape index (κ2) is 3.14. The summed E-state index contributed by atoms with van der Waals surface area (Å²) in [6, 6.07) is 3.85. The SMILES string of the molecule is Cc1nc(-c2cccnc2)n(C)c1N. The lowest BCUT2D eigenvalue weighted by Gasteiger charge is -2.01. The van der Waals surface area contributed by atoms with Crippen molar-refractivity contribution in [1.82, 2.24) is 14.5 Å². The zero-order valence-corrected chi connectivity index (χ0v) is 8.23. The molecule has 14 heavy (non-hydrogen) atoms. The molecule has 0 aromatic carbocycles. The Morgan fingerprint density at radius 1 is 1.43 bits per heavy atom. The summed E-state index contributed by atoms with van der Waals surface area (Å²) in [6.45, 7) is 1.90. The average Bonchev–Trinajstić information content (AvgIpc) is 2.47. The molecule has 0 aliphatic rings. The van der Waals surface area contributed by atoms with Gasteiger partial charge in [0, 0.05) is 25.0 Å². The molecular formula is C10H12N4. The monoisotopic (exact) mass is 188 g/mol. The largest absolute Gasteiger partial charge is 0.384 e. The first kappa shape index (κ1) is 8.74. The number of nitrogen functional groups attached to an aromatic ring is 1. The van der Waals surface area contributed by atoms with E-state index in [0.29, 0.717) is 5.82 Å². The molecule has 72 valence electrons. The van der Waals surface area contributed by atoms with Crippen LogP contribution < -0.4 is 5.73 Å². The van der Waals surface area contributed by atoms with Gasteiger partial charge in [-0.05, 0) is 19.1 Å². The van der Waals surface area contributed by atoms with Crippen molar-refractivity contribution < 1.29 is 0 Å². The van der Waals surface area contributed by atoms with Crippen LogP contribution in [-0.4, -0.2) is 14.5 Å². The Bertz CT molecular complexity index is 445. The lowest BCUT2D eigenvalue weighted by Crippen LogP contribution is -1.98. The highest BCUT2D eigenvalue weighted by Gasteiger charge is 2.09. The van der Waals surface area contributed by atoms with Crippen molar-refractivity contribution in [2.45, 2.75) is 6.92 Å². The minimum atomic E-state index is 0.698. The zero-order chi connectivity index (χ0) is 10.1. The van der Waals surface area contributed by atoms with Crippen LogP contribution in [0.15, 0.2) is 24.5 Å². The minimum Gasteiger partial charge on any atom is -0.384 e. The predicted molar refractivity (Wildman–Crippen MR) is 55.6 cm³/mol. The molecule has 4 heteroatoms. The Morgan fingerprint density at radius 3 is 2.71 bits per heavy atom. The third-order valence-corrected chi connectivity index (χ3v) is 2.24. The number of nitrogens with two attached hydrogens (primary N) is 1. The molecule has 0 saturated heterocycles. The van der Waals surface area contributed by atoms with Crippen molar-refractivity contribution in [2.75, 3.05) is 5.73 Å². The number of imidazole rings is 1. The van der Waals surface area contributed by atoms with Gasteiger partial charge in [-0.25, -0.2) is 4.98 Å². The van der Waals surface area contributed by atoms with Gasteiger partial charge in [-0.15, -0.1) is 0 Å². The molecule has 0 fully saturated rings. The summed E-state index contributed by atoms with van der Waals surface area (Å²) in [5, 5.41) is 0. The van der Waals surface area contributed by atoms with E-state index < -0.39 is 0 Å². The summed E-state index contributed by atoms with van der Waals surface area (Å²) < 4.78 is 1.87. The van der Waals surface area contributed by atoms with Crippen LogP contribution in [-0.2, 0) is 7.05 Å². The van der Waals surface area contributed by atoms with Crippen LogP contribution in [0.3, 0.4) is 0 Å². The summed E-state index contributed by atoms with van der Waals surface area (Å²) in [6.07, 6.45) is 3.52. The van der Waals surface area contributed by atoms with Crippen LogP contribution in [0.2, 0.25) is 0 Å². The molecular weight excluding hydrogens is 176 g/mol. The van der Waals surface area contributed by atoms with Crippen LogP contribution in [0.5, 0.6) is 0 Å². The van der Waals surface area contributed by atoms with Crippen molar-refractivity contribution in [3.8, 4) is 11.4 Å². The smallest absolute Gasteiger partial charge is 0.143 e. The fourth-order valence-electron chi connectivity index (χ4n) is 1.40. The topological polar surface area (TPSA) is 56.7 Å². The third kappa shape index (κ3) is 1.25. The number of anilines is 1. The number of hydrogen-bond acceptors (Lipinski definition) is 3. The Kier molecular flexibility index (Phi) is 1.96. The number of aryl methyl sites for hydroxylation is 1. The molecule has 2 N–H and O–H groups in total. The van der Waals surface area contributed by atoms with Crippen LogP contribution >= 0.6 is 0 Å². The Balaban J connectivity index is 2.58. The quantitative estimate of drug-likeness (QED) is 0.735. The molecule has 0 atom stereocenters. The molecule has 2 heterocycles. The van der Waals surface area contributed by atoms with Crippen molar-refractivity contribution in [3.05, 3.63) is 30.2 Å². The van der Waals surface area contributed by atoms with Crippen molar-refractivity contribution in [1.29, 1.82) is 0 Å². The van der Waals surface area contributed by atoms with Gasteiger partial charge in [0.25, 0.3) is 0 Å². The molecule has 2 aromatic rings. The van der Waals surface area contributed by atoms with Crippen LogP contribution in [0.25, 0.3) is 11.4 Å². The molecule has 0 saturated carbocycles. The molecule has 0 spiro atoms. The fraction of sp³-hybridized carbons (Fsp3) is 0.200.